The second-order valence-corrected chi connectivity index (χ2v) is 6.31. The van der Waals surface area contributed by atoms with Gasteiger partial charge >= 0.3 is 0 Å². The lowest BCUT2D eigenvalue weighted by atomic mass is 10.1. The van der Waals surface area contributed by atoms with Gasteiger partial charge in [0.15, 0.2) is 0 Å². The Morgan fingerprint density at radius 3 is 2.25 bits per heavy atom. The van der Waals surface area contributed by atoms with Gasteiger partial charge in [0, 0.05) is 68.8 Å². The van der Waals surface area contributed by atoms with Gasteiger partial charge in [-0.05, 0) is 26.0 Å². The van der Waals surface area contributed by atoms with Gasteiger partial charge in [0.1, 0.15) is 0 Å². The van der Waals surface area contributed by atoms with E-state index in [0.29, 0.717) is 0 Å². The third kappa shape index (κ3) is 3.26. The summed E-state index contributed by atoms with van der Waals surface area (Å²) in [6.45, 7) is 8.92. The van der Waals surface area contributed by atoms with E-state index in [0.717, 1.165) is 44.1 Å². The first-order chi connectivity index (χ1) is 11.5. The minimum atomic E-state index is -0.361. The Kier molecular flexibility index (Phi) is 4.53. The van der Waals surface area contributed by atoms with Crippen molar-refractivity contribution in [1.82, 2.24) is 14.7 Å². The summed E-state index contributed by atoms with van der Waals surface area (Å²) in [5, 5.41) is 15.2. The van der Waals surface area contributed by atoms with Crippen molar-refractivity contribution in [2.45, 2.75) is 20.4 Å². The number of anilines is 1. The maximum absolute atomic E-state index is 10.7. The minimum Gasteiger partial charge on any atom is -0.369 e. The Morgan fingerprint density at radius 1 is 1.12 bits per heavy atom. The van der Waals surface area contributed by atoms with Crippen molar-refractivity contribution in [3.8, 4) is 0 Å². The molecule has 1 aromatic heterocycles. The first kappa shape index (κ1) is 16.4. The summed E-state index contributed by atoms with van der Waals surface area (Å²) in [4.78, 5) is 15.1. The van der Waals surface area contributed by atoms with Crippen LogP contribution in [0.3, 0.4) is 0 Å². The first-order valence-corrected chi connectivity index (χ1v) is 8.16. The standard InChI is InChI=1S/C17H23N5O2/c1-13-17(14(2)19(3)18-13)12-20-8-10-21(11-9-20)15-4-6-16(7-5-15)22(23)24/h4-7H,8-12H2,1-3H3. The van der Waals surface area contributed by atoms with E-state index in [1.54, 1.807) is 12.1 Å². The minimum absolute atomic E-state index is 0.139. The van der Waals surface area contributed by atoms with E-state index in [-0.39, 0.29) is 10.6 Å². The fraction of sp³-hybridized carbons (Fsp3) is 0.471. The fourth-order valence-electron chi connectivity index (χ4n) is 3.22. The number of nitrogens with zero attached hydrogens (tertiary/aromatic N) is 5. The molecule has 1 saturated heterocycles. The van der Waals surface area contributed by atoms with Crippen LogP contribution in [0.2, 0.25) is 0 Å². The second-order valence-electron chi connectivity index (χ2n) is 6.31. The van der Waals surface area contributed by atoms with Crippen molar-refractivity contribution in [1.29, 1.82) is 0 Å². The monoisotopic (exact) mass is 329 g/mol. The molecule has 24 heavy (non-hydrogen) atoms. The van der Waals surface area contributed by atoms with E-state index >= 15 is 0 Å². The van der Waals surface area contributed by atoms with E-state index in [4.69, 9.17) is 0 Å². The van der Waals surface area contributed by atoms with Crippen LogP contribution >= 0.6 is 0 Å². The van der Waals surface area contributed by atoms with Crippen molar-refractivity contribution >= 4 is 11.4 Å². The summed E-state index contributed by atoms with van der Waals surface area (Å²) in [7, 11) is 1.98. The number of aromatic nitrogens is 2. The number of benzene rings is 1. The molecule has 1 aromatic carbocycles. The maximum atomic E-state index is 10.7. The molecule has 0 N–H and O–H groups in total. The van der Waals surface area contributed by atoms with Crippen molar-refractivity contribution < 1.29 is 4.92 Å². The van der Waals surface area contributed by atoms with E-state index in [9.17, 15) is 10.1 Å². The zero-order valence-electron chi connectivity index (χ0n) is 14.4. The highest BCUT2D eigenvalue weighted by molar-refractivity contribution is 5.51. The third-order valence-corrected chi connectivity index (χ3v) is 4.84. The molecule has 1 aliphatic rings. The lowest BCUT2D eigenvalue weighted by Crippen LogP contribution is -2.46. The van der Waals surface area contributed by atoms with Gasteiger partial charge in [0.2, 0.25) is 0 Å². The van der Waals surface area contributed by atoms with Crippen LogP contribution in [0.5, 0.6) is 0 Å². The van der Waals surface area contributed by atoms with Gasteiger partial charge in [-0.1, -0.05) is 0 Å². The van der Waals surface area contributed by atoms with Crippen molar-refractivity contribution in [2.24, 2.45) is 7.05 Å². The lowest BCUT2D eigenvalue weighted by molar-refractivity contribution is -0.384. The number of nitro benzene ring substituents is 1. The zero-order chi connectivity index (χ0) is 17.3. The predicted octanol–water partition coefficient (Wildman–Crippen LogP) is 2.27. The number of nitro groups is 1. The molecule has 7 nitrogen and oxygen atoms in total. The highest BCUT2D eigenvalue weighted by Gasteiger charge is 2.20. The Hall–Kier alpha value is -2.41. The molecule has 0 amide bonds. The maximum Gasteiger partial charge on any atom is 0.269 e. The van der Waals surface area contributed by atoms with Crippen molar-refractivity contribution in [2.75, 3.05) is 31.1 Å². The highest BCUT2D eigenvalue weighted by atomic mass is 16.6. The Balaban J connectivity index is 1.60. The summed E-state index contributed by atoms with van der Waals surface area (Å²) >= 11 is 0. The number of hydrogen-bond donors (Lipinski definition) is 0. The van der Waals surface area contributed by atoms with E-state index in [1.165, 1.54) is 11.3 Å². The zero-order valence-corrected chi connectivity index (χ0v) is 14.4. The van der Waals surface area contributed by atoms with Crippen LogP contribution < -0.4 is 4.90 Å². The number of aryl methyl sites for hydroxylation is 2. The second kappa shape index (κ2) is 6.60. The SMILES string of the molecule is Cc1nn(C)c(C)c1CN1CCN(c2ccc([N+](=O)[O-])cc2)CC1. The molecule has 0 saturated carbocycles. The van der Waals surface area contributed by atoms with Crippen molar-refractivity contribution in [3.63, 3.8) is 0 Å². The predicted molar refractivity (Wildman–Crippen MR) is 93.3 cm³/mol. The number of non-ortho nitro benzene ring substituents is 1. The smallest absolute Gasteiger partial charge is 0.269 e. The van der Waals surface area contributed by atoms with Gasteiger partial charge in [-0.3, -0.25) is 19.7 Å². The number of hydrogen-bond acceptors (Lipinski definition) is 5. The normalized spacial score (nSPS) is 15.7. The average Bonchev–Trinajstić information content (AvgIpc) is 2.82. The van der Waals surface area contributed by atoms with Crippen LogP contribution in [-0.4, -0.2) is 45.8 Å². The molecule has 128 valence electrons. The average molecular weight is 329 g/mol. The van der Waals surface area contributed by atoms with Gasteiger partial charge in [0.25, 0.3) is 5.69 Å². The van der Waals surface area contributed by atoms with Gasteiger partial charge < -0.3 is 4.90 Å². The molecule has 2 heterocycles. The summed E-state index contributed by atoms with van der Waals surface area (Å²) in [6.07, 6.45) is 0. The summed E-state index contributed by atoms with van der Waals surface area (Å²) in [6, 6.07) is 6.82. The molecule has 7 heteroatoms. The van der Waals surface area contributed by atoms with Gasteiger partial charge in [-0.15, -0.1) is 0 Å². The molecule has 0 bridgehead atoms. The van der Waals surface area contributed by atoms with Gasteiger partial charge in [0.05, 0.1) is 10.6 Å². The Labute approximate surface area is 141 Å². The third-order valence-electron chi connectivity index (χ3n) is 4.84. The topological polar surface area (TPSA) is 67.4 Å². The van der Waals surface area contributed by atoms with Crippen LogP contribution in [-0.2, 0) is 13.6 Å². The quantitative estimate of drug-likeness (QED) is 0.636. The van der Waals surface area contributed by atoms with Crippen LogP contribution in [0.25, 0.3) is 0 Å². The largest absolute Gasteiger partial charge is 0.369 e. The Bertz CT molecular complexity index is 730. The van der Waals surface area contributed by atoms with Crippen LogP contribution in [0.4, 0.5) is 11.4 Å². The molecule has 1 fully saturated rings. The van der Waals surface area contributed by atoms with Crippen LogP contribution in [0.1, 0.15) is 17.0 Å². The fourth-order valence-corrected chi connectivity index (χ4v) is 3.22. The molecule has 1 aliphatic heterocycles. The number of piperazine rings is 1. The first-order valence-electron chi connectivity index (χ1n) is 8.16. The molecular weight excluding hydrogens is 306 g/mol. The molecule has 3 rings (SSSR count). The summed E-state index contributed by atoms with van der Waals surface area (Å²) in [5.74, 6) is 0. The van der Waals surface area contributed by atoms with Gasteiger partial charge in [-0.2, -0.15) is 5.10 Å². The molecule has 2 aromatic rings. The summed E-state index contributed by atoms with van der Waals surface area (Å²) < 4.78 is 1.94. The van der Waals surface area contributed by atoms with E-state index in [1.807, 2.05) is 23.9 Å². The van der Waals surface area contributed by atoms with Gasteiger partial charge in [-0.25, -0.2) is 0 Å². The molecule has 0 radical (unpaired) electrons. The molecule has 0 aliphatic carbocycles. The molecular formula is C17H23N5O2. The van der Waals surface area contributed by atoms with Crippen LogP contribution in [0, 0.1) is 24.0 Å². The molecule has 0 unspecified atom stereocenters. The number of rotatable bonds is 4. The summed E-state index contributed by atoms with van der Waals surface area (Å²) in [5.41, 5.74) is 4.84. The van der Waals surface area contributed by atoms with E-state index < -0.39 is 0 Å². The highest BCUT2D eigenvalue weighted by Crippen LogP contribution is 2.22. The van der Waals surface area contributed by atoms with E-state index in [2.05, 4.69) is 28.7 Å². The lowest BCUT2D eigenvalue weighted by Gasteiger charge is -2.36. The van der Waals surface area contributed by atoms with Crippen molar-refractivity contribution in [3.05, 3.63) is 51.3 Å². The van der Waals surface area contributed by atoms with Crippen LogP contribution in [0.15, 0.2) is 24.3 Å². The Morgan fingerprint density at radius 2 is 1.75 bits per heavy atom. The molecule has 0 spiro atoms. The molecule has 0 atom stereocenters.